The van der Waals surface area contributed by atoms with Crippen LogP contribution in [0.4, 0.5) is 13.2 Å². The van der Waals surface area contributed by atoms with Gasteiger partial charge in [-0.15, -0.1) is 0 Å². The number of rotatable bonds is 6. The molecule has 0 radical (unpaired) electrons. The third-order valence-corrected chi connectivity index (χ3v) is 4.58. The first-order chi connectivity index (χ1) is 13.0. The fraction of sp³-hybridized carbons (Fsp3) is 0.318. The molecular formula is C22H26F3N3. The maximum atomic E-state index is 12.3. The van der Waals surface area contributed by atoms with Gasteiger partial charge in [0.25, 0.3) is 0 Å². The van der Waals surface area contributed by atoms with Gasteiger partial charge in [-0.05, 0) is 44.4 Å². The quantitative estimate of drug-likeness (QED) is 0.467. The van der Waals surface area contributed by atoms with Crippen LogP contribution in [0.5, 0.6) is 0 Å². The second-order valence-corrected chi connectivity index (χ2v) is 7.12. The van der Waals surface area contributed by atoms with E-state index in [-0.39, 0.29) is 11.5 Å². The Labute approximate surface area is 164 Å². The minimum atomic E-state index is -4.33. The average molecular weight is 389 g/mol. The van der Waals surface area contributed by atoms with Gasteiger partial charge in [0.1, 0.15) is 11.7 Å². The van der Waals surface area contributed by atoms with E-state index >= 15 is 0 Å². The van der Waals surface area contributed by atoms with Gasteiger partial charge in [-0.2, -0.15) is 13.2 Å². The Hall–Kier alpha value is -2.76. The number of hydrogen-bond acceptors (Lipinski definition) is 3. The van der Waals surface area contributed by atoms with Crippen LogP contribution in [-0.4, -0.2) is 18.6 Å². The number of hydrogen-bond donors (Lipinski definition) is 2. The van der Waals surface area contributed by atoms with Gasteiger partial charge in [0.2, 0.25) is 0 Å². The molecule has 2 aliphatic heterocycles. The van der Waals surface area contributed by atoms with Gasteiger partial charge >= 0.3 is 6.18 Å². The van der Waals surface area contributed by atoms with Crippen molar-refractivity contribution in [3.05, 3.63) is 83.9 Å². The molecule has 2 aliphatic rings. The summed E-state index contributed by atoms with van der Waals surface area (Å²) in [6.45, 7) is 14.1. The first-order valence-corrected chi connectivity index (χ1v) is 8.98. The lowest BCUT2D eigenvalue weighted by atomic mass is 9.81. The maximum absolute atomic E-state index is 12.3. The van der Waals surface area contributed by atoms with Gasteiger partial charge in [-0.25, -0.2) is 0 Å². The summed E-state index contributed by atoms with van der Waals surface area (Å²) in [5.74, 6) is 1.68. The first-order valence-electron chi connectivity index (χ1n) is 8.98. The van der Waals surface area contributed by atoms with Gasteiger partial charge in [0.15, 0.2) is 0 Å². The van der Waals surface area contributed by atoms with Crippen molar-refractivity contribution in [2.45, 2.75) is 33.4 Å². The van der Waals surface area contributed by atoms with Crippen molar-refractivity contribution >= 4 is 5.84 Å². The summed E-state index contributed by atoms with van der Waals surface area (Å²) < 4.78 is 37.0. The van der Waals surface area contributed by atoms with Crippen LogP contribution >= 0.6 is 0 Å². The number of nitrogens with zero attached hydrogens (tertiary/aromatic N) is 1. The van der Waals surface area contributed by atoms with Crippen LogP contribution in [0.25, 0.3) is 0 Å². The minimum Gasteiger partial charge on any atom is -0.342 e. The molecule has 2 heterocycles. The Morgan fingerprint density at radius 1 is 1.36 bits per heavy atom. The Morgan fingerprint density at radius 3 is 2.71 bits per heavy atom. The highest BCUT2D eigenvalue weighted by atomic mass is 19.4. The summed E-state index contributed by atoms with van der Waals surface area (Å²) in [6, 6.07) is 0. The molecule has 0 aromatic rings. The van der Waals surface area contributed by atoms with Gasteiger partial charge in [0.05, 0.1) is 6.54 Å². The topological polar surface area (TPSA) is 36.4 Å². The van der Waals surface area contributed by atoms with Crippen LogP contribution in [0.2, 0.25) is 0 Å². The molecule has 2 N–H and O–H groups in total. The second-order valence-electron chi connectivity index (χ2n) is 7.12. The second kappa shape index (κ2) is 8.50. The van der Waals surface area contributed by atoms with Gasteiger partial charge in [0, 0.05) is 17.2 Å². The minimum absolute atomic E-state index is 0.123. The average Bonchev–Trinajstić information content (AvgIpc) is 2.60. The third-order valence-electron chi connectivity index (χ3n) is 4.58. The Morgan fingerprint density at radius 2 is 2.07 bits per heavy atom. The molecule has 150 valence electrons. The molecule has 0 aromatic heterocycles. The van der Waals surface area contributed by atoms with Crippen molar-refractivity contribution in [3.63, 3.8) is 0 Å². The Kier molecular flexibility index (Phi) is 6.54. The molecule has 0 amide bonds. The number of allylic oxidation sites excluding steroid dienone is 7. The Bertz CT molecular complexity index is 836. The first kappa shape index (κ1) is 21.5. The largest absolute Gasteiger partial charge is 0.409 e. The van der Waals surface area contributed by atoms with E-state index in [1.807, 2.05) is 13.0 Å². The lowest BCUT2D eigenvalue weighted by molar-refractivity contribution is -0.0798. The van der Waals surface area contributed by atoms with E-state index in [2.05, 4.69) is 47.9 Å². The molecule has 0 aliphatic carbocycles. The van der Waals surface area contributed by atoms with E-state index < -0.39 is 6.18 Å². The number of alkyl halides is 3. The lowest BCUT2D eigenvalue weighted by Crippen LogP contribution is -2.45. The summed E-state index contributed by atoms with van der Waals surface area (Å²) in [7, 11) is 0. The number of halogens is 3. The van der Waals surface area contributed by atoms with Crippen LogP contribution in [0.15, 0.2) is 88.9 Å². The van der Waals surface area contributed by atoms with Crippen LogP contribution in [0.1, 0.15) is 27.2 Å². The molecule has 1 atom stereocenters. The summed E-state index contributed by atoms with van der Waals surface area (Å²) >= 11 is 0. The summed E-state index contributed by atoms with van der Waals surface area (Å²) in [6.07, 6.45) is 7.30. The molecule has 1 unspecified atom stereocenters. The van der Waals surface area contributed by atoms with Crippen molar-refractivity contribution in [1.29, 1.82) is 0 Å². The number of amidine groups is 1. The van der Waals surface area contributed by atoms with Crippen LogP contribution < -0.4 is 10.6 Å². The van der Waals surface area contributed by atoms with Gasteiger partial charge < -0.3 is 10.6 Å². The van der Waals surface area contributed by atoms with Gasteiger partial charge in [-0.1, -0.05) is 49.1 Å². The molecule has 2 rings (SSSR count). The molecule has 6 heteroatoms. The highest BCUT2D eigenvalue weighted by molar-refractivity contribution is 5.92. The highest BCUT2D eigenvalue weighted by Gasteiger charge is 2.32. The fourth-order valence-electron chi connectivity index (χ4n) is 3.08. The third kappa shape index (κ3) is 5.62. The molecular weight excluding hydrogens is 363 g/mol. The number of aliphatic imine (C=N–C) groups is 1. The molecule has 0 spiro atoms. The smallest absolute Gasteiger partial charge is 0.342 e. The summed E-state index contributed by atoms with van der Waals surface area (Å²) in [5.41, 5.74) is 2.45. The molecule has 0 saturated heterocycles. The van der Waals surface area contributed by atoms with Crippen molar-refractivity contribution in [2.24, 2.45) is 10.4 Å². The SMILES string of the molecule is C=C\C(C(=C)NC1=CCC2(C)C=CCN=C2N1)=C(C)/C=C(C)/C=C/C(F)(F)F. The number of dihydropyridines is 1. The van der Waals surface area contributed by atoms with Crippen molar-refractivity contribution in [2.75, 3.05) is 6.54 Å². The monoisotopic (exact) mass is 389 g/mol. The van der Waals surface area contributed by atoms with E-state index in [4.69, 9.17) is 0 Å². The van der Waals surface area contributed by atoms with Crippen LogP contribution in [0.3, 0.4) is 0 Å². The molecule has 28 heavy (non-hydrogen) atoms. The van der Waals surface area contributed by atoms with E-state index in [0.29, 0.717) is 17.8 Å². The molecule has 0 fully saturated rings. The summed E-state index contributed by atoms with van der Waals surface area (Å²) in [4.78, 5) is 4.53. The van der Waals surface area contributed by atoms with E-state index in [1.165, 1.54) is 0 Å². The number of nitrogens with one attached hydrogen (secondary N) is 2. The lowest BCUT2D eigenvalue weighted by Gasteiger charge is -2.35. The normalized spacial score (nSPS) is 23.3. The highest BCUT2D eigenvalue weighted by Crippen LogP contribution is 2.31. The van der Waals surface area contributed by atoms with Crippen LogP contribution in [-0.2, 0) is 0 Å². The van der Waals surface area contributed by atoms with Crippen molar-refractivity contribution in [3.8, 4) is 0 Å². The van der Waals surface area contributed by atoms with E-state index in [1.54, 1.807) is 19.1 Å². The predicted octanol–water partition coefficient (Wildman–Crippen LogP) is 5.47. The Balaban J connectivity index is 2.15. The maximum Gasteiger partial charge on any atom is 0.409 e. The molecule has 3 nitrogen and oxygen atoms in total. The summed E-state index contributed by atoms with van der Waals surface area (Å²) in [5, 5.41) is 6.53. The zero-order chi connectivity index (χ0) is 20.9. The predicted molar refractivity (Wildman–Crippen MR) is 110 cm³/mol. The van der Waals surface area contributed by atoms with Crippen molar-refractivity contribution < 1.29 is 13.2 Å². The number of fused-ring (bicyclic) bond motifs is 1. The fourth-order valence-corrected chi connectivity index (χ4v) is 3.08. The van der Waals surface area contributed by atoms with E-state index in [9.17, 15) is 13.2 Å². The molecule has 0 aromatic carbocycles. The molecule has 0 saturated carbocycles. The zero-order valence-corrected chi connectivity index (χ0v) is 16.5. The van der Waals surface area contributed by atoms with Crippen molar-refractivity contribution in [1.82, 2.24) is 10.6 Å². The van der Waals surface area contributed by atoms with Gasteiger partial charge in [-0.3, -0.25) is 4.99 Å². The zero-order valence-electron chi connectivity index (χ0n) is 16.5. The standard InChI is InChI=1S/C22H26F3N3/c1-6-18(16(3)14-15(2)8-12-22(23,24)25)17(4)27-19-9-11-21(5)10-7-13-26-20(21)28-19/h6-10,12,14,27H,1,4,11,13H2,2-3,5H3,(H,26,28)/b12-8+,15-14+,18-16+. The molecule has 0 bridgehead atoms. The van der Waals surface area contributed by atoms with E-state index in [0.717, 1.165) is 35.3 Å². The van der Waals surface area contributed by atoms with Crippen LogP contribution in [0, 0.1) is 5.41 Å².